The first-order valence-electron chi connectivity index (χ1n) is 12.9. The van der Waals surface area contributed by atoms with E-state index in [9.17, 15) is 48.3 Å². The smallest absolute Gasteiger partial charge is 0.378 e. The second-order valence-corrected chi connectivity index (χ2v) is 12.8. The molecule has 1 saturated carbocycles. The lowest BCUT2D eigenvalue weighted by molar-refractivity contribution is -0.348. The van der Waals surface area contributed by atoms with Crippen LogP contribution in [0.3, 0.4) is 0 Å². The molecular weight excluding hydrogens is 586 g/mol. The maximum atomic E-state index is 14.9. The molecule has 14 heteroatoms. The van der Waals surface area contributed by atoms with Crippen LogP contribution in [0.1, 0.15) is 36.0 Å². The zero-order valence-electron chi connectivity index (χ0n) is 21.4. The van der Waals surface area contributed by atoms with Crippen LogP contribution in [0.4, 0.5) is 35.1 Å². The molecule has 2 aromatic rings. The van der Waals surface area contributed by atoms with Crippen molar-refractivity contribution in [2.75, 3.05) is 26.3 Å². The third-order valence-electron chi connectivity index (χ3n) is 8.62. The number of fused-ring (bicyclic) bond motifs is 3. The van der Waals surface area contributed by atoms with Gasteiger partial charge in [-0.05, 0) is 67.0 Å². The molecular formula is C27H25F8NO4S. The molecule has 0 aromatic heterocycles. The van der Waals surface area contributed by atoms with Gasteiger partial charge in [-0.15, -0.1) is 0 Å². The van der Waals surface area contributed by atoms with Gasteiger partial charge in [0.25, 0.3) is 0 Å². The van der Waals surface area contributed by atoms with Gasteiger partial charge >= 0.3 is 18.0 Å². The number of morpholine rings is 1. The number of rotatable bonds is 4. The quantitative estimate of drug-likeness (QED) is 0.333. The highest BCUT2D eigenvalue weighted by atomic mass is 32.2. The summed E-state index contributed by atoms with van der Waals surface area (Å²) in [7, 11) is -4.49. The minimum atomic E-state index is -6.34. The van der Waals surface area contributed by atoms with Gasteiger partial charge in [-0.2, -0.15) is 26.3 Å². The molecule has 5 nitrogen and oxygen atoms in total. The fraction of sp³-hybridized carbons (Fsp3) is 0.519. The molecule has 3 aliphatic rings. The van der Waals surface area contributed by atoms with Crippen LogP contribution in [0.5, 0.6) is 0 Å². The van der Waals surface area contributed by atoms with E-state index in [1.165, 1.54) is 0 Å². The summed E-state index contributed by atoms with van der Waals surface area (Å²) in [4.78, 5) is 14.8. The summed E-state index contributed by atoms with van der Waals surface area (Å²) in [5.41, 5.74) is -7.65. The Labute approximate surface area is 230 Å². The Morgan fingerprint density at radius 1 is 0.902 bits per heavy atom. The SMILES string of the molecule is O=C([C@H]1CC[C@@]2(S(=O)(=O)c3ccc(F)cc3)c3ccc(C(F)(C(F)(F)F)C(F)(F)F)cc3CC[C@@H]12)N1CCOCC1. The van der Waals surface area contributed by atoms with Gasteiger partial charge in [0.1, 0.15) is 10.6 Å². The molecule has 224 valence electrons. The van der Waals surface area contributed by atoms with Crippen molar-refractivity contribution in [2.45, 2.75) is 53.3 Å². The summed E-state index contributed by atoms with van der Waals surface area (Å²) >= 11 is 0. The second kappa shape index (κ2) is 9.92. The lowest BCUT2D eigenvalue weighted by atomic mass is 9.72. The van der Waals surface area contributed by atoms with Crippen LogP contribution < -0.4 is 0 Å². The van der Waals surface area contributed by atoms with Gasteiger partial charge in [-0.25, -0.2) is 17.2 Å². The number of hydrogen-bond acceptors (Lipinski definition) is 4. The highest BCUT2D eigenvalue weighted by molar-refractivity contribution is 7.92. The van der Waals surface area contributed by atoms with Crippen LogP contribution >= 0.6 is 0 Å². The molecule has 1 aliphatic heterocycles. The fourth-order valence-electron chi connectivity index (χ4n) is 6.69. The molecule has 5 rings (SSSR count). The zero-order valence-corrected chi connectivity index (χ0v) is 22.2. The molecule has 0 spiro atoms. The molecule has 0 radical (unpaired) electrons. The third-order valence-corrected chi connectivity index (χ3v) is 11.2. The van der Waals surface area contributed by atoms with Crippen LogP contribution in [-0.2, 0) is 36.2 Å². The Bertz CT molecular complexity index is 1420. The fourth-order valence-corrected chi connectivity index (χ4v) is 9.16. The Balaban J connectivity index is 1.68. The van der Waals surface area contributed by atoms with E-state index in [4.69, 9.17) is 4.74 Å². The van der Waals surface area contributed by atoms with Crippen LogP contribution in [-0.4, -0.2) is 57.9 Å². The van der Waals surface area contributed by atoms with E-state index in [2.05, 4.69) is 0 Å². The summed E-state index contributed by atoms with van der Waals surface area (Å²) in [5.74, 6) is -2.73. The molecule has 2 fully saturated rings. The molecule has 41 heavy (non-hydrogen) atoms. The second-order valence-electron chi connectivity index (χ2n) is 10.6. The van der Waals surface area contributed by atoms with Crippen LogP contribution in [0, 0.1) is 17.7 Å². The van der Waals surface area contributed by atoms with Gasteiger partial charge in [-0.3, -0.25) is 4.79 Å². The van der Waals surface area contributed by atoms with Crippen LogP contribution in [0.15, 0.2) is 47.4 Å². The number of nitrogens with zero attached hydrogens (tertiary/aromatic N) is 1. The van der Waals surface area contributed by atoms with E-state index in [-0.39, 0.29) is 73.9 Å². The van der Waals surface area contributed by atoms with Gasteiger partial charge in [0.05, 0.1) is 18.1 Å². The maximum absolute atomic E-state index is 14.9. The summed E-state index contributed by atoms with van der Waals surface area (Å²) in [6.07, 6.45) is -13.0. The van der Waals surface area contributed by atoms with Crippen molar-refractivity contribution in [3.63, 3.8) is 0 Å². The number of alkyl halides is 7. The average Bonchev–Trinajstić information content (AvgIpc) is 3.33. The van der Waals surface area contributed by atoms with Crippen LogP contribution in [0.25, 0.3) is 0 Å². The summed E-state index contributed by atoms with van der Waals surface area (Å²) in [6, 6.07) is 5.45. The first kappa shape index (κ1) is 29.7. The minimum absolute atomic E-state index is 0.0606. The van der Waals surface area contributed by atoms with Crippen molar-refractivity contribution < 1.29 is 53.1 Å². The molecule has 0 unspecified atom stereocenters. The molecule has 1 saturated heterocycles. The largest absolute Gasteiger partial charge is 0.435 e. The van der Waals surface area contributed by atoms with Crippen LogP contribution in [0.2, 0.25) is 0 Å². The molecule has 0 N–H and O–H groups in total. The number of sulfone groups is 1. The van der Waals surface area contributed by atoms with E-state index >= 15 is 0 Å². The van der Waals surface area contributed by atoms with Gasteiger partial charge in [0.15, 0.2) is 9.84 Å². The number of ether oxygens (including phenoxy) is 1. The van der Waals surface area contributed by atoms with Gasteiger partial charge in [0, 0.05) is 24.6 Å². The lowest BCUT2D eigenvalue weighted by Crippen LogP contribution is -2.51. The standard InChI is InChI=1S/C27H25F8NO4S/c28-18-3-5-19(6-4-18)41(38,39)24-10-9-20(23(37)36-11-13-40-14-12-36)22(24)7-1-16-15-17(2-8-21(16)24)25(29,26(30,31)32)27(33,34)35/h2-6,8,15,20,22H,1,7,9-14H2/t20-,22-,24+/m0/s1. The molecule has 1 amide bonds. The van der Waals surface area contributed by atoms with Gasteiger partial charge in [-0.1, -0.05) is 18.2 Å². The average molecular weight is 612 g/mol. The molecule has 2 aliphatic carbocycles. The first-order valence-corrected chi connectivity index (χ1v) is 14.4. The number of aryl methyl sites for hydroxylation is 1. The van der Waals surface area contributed by atoms with E-state index in [0.29, 0.717) is 12.1 Å². The van der Waals surface area contributed by atoms with Crippen molar-refractivity contribution in [3.8, 4) is 0 Å². The zero-order chi connectivity index (χ0) is 30.0. The van der Waals surface area contributed by atoms with E-state index in [1.807, 2.05) is 0 Å². The summed E-state index contributed by atoms with van der Waals surface area (Å²) in [6.45, 7) is 1.15. The number of halogens is 8. The number of amides is 1. The number of benzene rings is 2. The molecule has 0 bridgehead atoms. The molecule has 3 atom stereocenters. The number of hydrogen-bond donors (Lipinski definition) is 0. The Hall–Kier alpha value is -2.74. The van der Waals surface area contributed by atoms with Gasteiger partial charge in [0.2, 0.25) is 5.91 Å². The highest BCUT2D eigenvalue weighted by Gasteiger charge is 2.74. The minimum Gasteiger partial charge on any atom is -0.378 e. The summed E-state index contributed by atoms with van der Waals surface area (Å²) < 4.78 is 142. The third kappa shape index (κ3) is 4.43. The van der Waals surface area contributed by atoms with Crippen molar-refractivity contribution in [3.05, 3.63) is 65.0 Å². The predicted molar refractivity (Wildman–Crippen MR) is 129 cm³/mol. The number of carbonyl (C=O) groups excluding carboxylic acids is 1. The van der Waals surface area contributed by atoms with Crippen molar-refractivity contribution in [2.24, 2.45) is 11.8 Å². The Morgan fingerprint density at radius 2 is 1.51 bits per heavy atom. The Kier molecular flexibility index (Phi) is 7.20. The molecule has 2 aromatic carbocycles. The van der Waals surface area contributed by atoms with Crippen molar-refractivity contribution >= 4 is 15.7 Å². The maximum Gasteiger partial charge on any atom is 0.435 e. The van der Waals surface area contributed by atoms with Crippen molar-refractivity contribution in [1.82, 2.24) is 4.90 Å². The van der Waals surface area contributed by atoms with Crippen molar-refractivity contribution in [1.29, 1.82) is 0 Å². The first-order chi connectivity index (χ1) is 19.1. The summed E-state index contributed by atoms with van der Waals surface area (Å²) in [5, 5.41) is 0. The normalized spacial score (nSPS) is 25.5. The predicted octanol–water partition coefficient (Wildman–Crippen LogP) is 5.62. The lowest BCUT2D eigenvalue weighted by Gasteiger charge is -2.43. The topological polar surface area (TPSA) is 63.7 Å². The number of carbonyl (C=O) groups is 1. The highest BCUT2D eigenvalue weighted by Crippen LogP contribution is 2.60. The molecule has 1 heterocycles. The Morgan fingerprint density at radius 3 is 2.10 bits per heavy atom. The monoisotopic (exact) mass is 611 g/mol. The van der Waals surface area contributed by atoms with E-state index in [1.54, 1.807) is 4.90 Å². The van der Waals surface area contributed by atoms with E-state index in [0.717, 1.165) is 30.3 Å². The van der Waals surface area contributed by atoms with E-state index < -0.39 is 55.8 Å². The van der Waals surface area contributed by atoms with Gasteiger partial charge < -0.3 is 9.64 Å².